The molecule has 0 aromatic carbocycles. The quantitative estimate of drug-likeness (QED) is 0.782. The lowest BCUT2D eigenvalue weighted by molar-refractivity contribution is 0.0761. The smallest absolute Gasteiger partial charge is 0.0662 e. The highest BCUT2D eigenvalue weighted by molar-refractivity contribution is 5.05. The number of piperidine rings is 1. The topological polar surface area (TPSA) is 39.9 Å². The number of nitriles is 1. The molecule has 1 aromatic heterocycles. The third-order valence-electron chi connectivity index (χ3n) is 3.58. The fraction of sp³-hybridized carbons (Fsp3) is 0.571. The van der Waals surface area contributed by atoms with Crippen LogP contribution in [0, 0.1) is 22.7 Å². The van der Waals surface area contributed by atoms with Gasteiger partial charge in [0.25, 0.3) is 0 Å². The summed E-state index contributed by atoms with van der Waals surface area (Å²) in [5, 5.41) is 9.12. The Morgan fingerprint density at radius 1 is 1.53 bits per heavy atom. The van der Waals surface area contributed by atoms with Gasteiger partial charge in [-0.3, -0.25) is 9.88 Å². The first-order chi connectivity index (χ1) is 8.12. The summed E-state index contributed by atoms with van der Waals surface area (Å²) < 4.78 is 0. The summed E-state index contributed by atoms with van der Waals surface area (Å²) in [7, 11) is 0. The number of aromatic nitrogens is 1. The first-order valence-electron chi connectivity index (χ1n) is 6.14. The molecule has 1 aliphatic heterocycles. The summed E-state index contributed by atoms with van der Waals surface area (Å²) in [5.41, 5.74) is 1.20. The van der Waals surface area contributed by atoms with Crippen LogP contribution in [0.3, 0.4) is 0 Å². The largest absolute Gasteiger partial charge is 0.297 e. The normalized spacial score (nSPS) is 24.2. The number of rotatable bonds is 2. The number of likely N-dealkylation sites (tertiary alicyclic amines) is 1. The molecule has 0 aliphatic carbocycles. The molecule has 1 fully saturated rings. The van der Waals surface area contributed by atoms with Crippen LogP contribution in [0.15, 0.2) is 24.4 Å². The van der Waals surface area contributed by atoms with E-state index in [-0.39, 0.29) is 11.3 Å². The zero-order valence-electron chi connectivity index (χ0n) is 10.6. The molecule has 0 radical (unpaired) electrons. The van der Waals surface area contributed by atoms with Crippen LogP contribution in [0.25, 0.3) is 0 Å². The first-order valence-corrected chi connectivity index (χ1v) is 6.14. The van der Waals surface area contributed by atoms with Gasteiger partial charge in [0, 0.05) is 19.3 Å². The zero-order valence-corrected chi connectivity index (χ0v) is 10.6. The van der Waals surface area contributed by atoms with Crippen molar-refractivity contribution in [2.75, 3.05) is 13.1 Å². The molecule has 2 heterocycles. The number of hydrogen-bond donors (Lipinski definition) is 0. The van der Waals surface area contributed by atoms with Gasteiger partial charge in [0.1, 0.15) is 0 Å². The molecule has 0 N–H and O–H groups in total. The van der Waals surface area contributed by atoms with E-state index in [1.807, 2.05) is 18.3 Å². The van der Waals surface area contributed by atoms with Gasteiger partial charge in [-0.2, -0.15) is 5.26 Å². The van der Waals surface area contributed by atoms with Crippen molar-refractivity contribution in [1.82, 2.24) is 9.88 Å². The molecular weight excluding hydrogens is 210 g/mol. The summed E-state index contributed by atoms with van der Waals surface area (Å²) in [6.07, 6.45) is 2.80. The van der Waals surface area contributed by atoms with Crippen LogP contribution in [-0.4, -0.2) is 23.0 Å². The second-order valence-corrected chi connectivity index (χ2v) is 5.49. The van der Waals surface area contributed by atoms with Gasteiger partial charge in [-0.05, 0) is 30.5 Å². The maximum Gasteiger partial charge on any atom is 0.0662 e. The van der Waals surface area contributed by atoms with Crippen molar-refractivity contribution in [3.63, 3.8) is 0 Å². The van der Waals surface area contributed by atoms with E-state index in [2.05, 4.69) is 35.9 Å². The molecule has 1 aromatic rings. The van der Waals surface area contributed by atoms with Crippen LogP contribution in [-0.2, 0) is 6.54 Å². The van der Waals surface area contributed by atoms with E-state index >= 15 is 0 Å². The average molecular weight is 229 g/mol. The van der Waals surface area contributed by atoms with Gasteiger partial charge >= 0.3 is 0 Å². The van der Waals surface area contributed by atoms with E-state index in [4.69, 9.17) is 5.26 Å². The number of hydrogen-bond acceptors (Lipinski definition) is 3. The summed E-state index contributed by atoms with van der Waals surface area (Å²) in [6, 6.07) is 8.46. The second-order valence-electron chi connectivity index (χ2n) is 5.49. The predicted molar refractivity (Wildman–Crippen MR) is 67.0 cm³/mol. The molecule has 17 heavy (non-hydrogen) atoms. The number of nitrogens with zero attached hydrogens (tertiary/aromatic N) is 3. The van der Waals surface area contributed by atoms with Crippen molar-refractivity contribution < 1.29 is 0 Å². The highest BCUT2D eigenvalue weighted by Crippen LogP contribution is 2.34. The Balaban J connectivity index is 2.00. The van der Waals surface area contributed by atoms with Gasteiger partial charge in [-0.1, -0.05) is 19.9 Å². The SMILES string of the molecule is CC1(C)CN(Cc2ccccn2)CCC1C#N. The summed E-state index contributed by atoms with van der Waals surface area (Å²) in [4.78, 5) is 6.75. The monoisotopic (exact) mass is 229 g/mol. The summed E-state index contributed by atoms with van der Waals surface area (Å²) >= 11 is 0. The maximum atomic E-state index is 9.12. The molecule has 0 bridgehead atoms. The lowest BCUT2D eigenvalue weighted by Crippen LogP contribution is -2.44. The lowest BCUT2D eigenvalue weighted by atomic mass is 9.75. The molecule has 3 heteroatoms. The van der Waals surface area contributed by atoms with Crippen molar-refractivity contribution in [1.29, 1.82) is 5.26 Å². The number of pyridine rings is 1. The molecule has 0 amide bonds. The van der Waals surface area contributed by atoms with Gasteiger partial charge in [-0.25, -0.2) is 0 Å². The third-order valence-corrected chi connectivity index (χ3v) is 3.58. The van der Waals surface area contributed by atoms with E-state index in [9.17, 15) is 0 Å². The molecule has 90 valence electrons. The molecule has 1 saturated heterocycles. The average Bonchev–Trinajstić information content (AvgIpc) is 2.29. The fourth-order valence-electron chi connectivity index (χ4n) is 2.56. The highest BCUT2D eigenvalue weighted by atomic mass is 15.1. The van der Waals surface area contributed by atoms with Crippen LogP contribution in [0.5, 0.6) is 0 Å². The molecule has 2 rings (SSSR count). The van der Waals surface area contributed by atoms with Crippen LogP contribution < -0.4 is 0 Å². The van der Waals surface area contributed by atoms with Crippen LogP contribution in [0.2, 0.25) is 0 Å². The Labute approximate surface area is 103 Å². The van der Waals surface area contributed by atoms with E-state index in [1.54, 1.807) is 0 Å². The second kappa shape index (κ2) is 4.85. The Morgan fingerprint density at radius 2 is 2.35 bits per heavy atom. The highest BCUT2D eigenvalue weighted by Gasteiger charge is 2.35. The molecule has 1 aliphatic rings. The van der Waals surface area contributed by atoms with Gasteiger partial charge in [0.15, 0.2) is 0 Å². The molecule has 0 saturated carbocycles. The summed E-state index contributed by atoms with van der Waals surface area (Å²) in [6.45, 7) is 7.24. The van der Waals surface area contributed by atoms with Crippen LogP contribution in [0.4, 0.5) is 0 Å². The third kappa shape index (κ3) is 2.83. The Kier molecular flexibility index (Phi) is 3.44. The van der Waals surface area contributed by atoms with E-state index in [1.165, 1.54) is 0 Å². The molecular formula is C14H19N3. The molecule has 1 unspecified atom stereocenters. The predicted octanol–water partition coefficient (Wildman–Crippen LogP) is 2.45. The molecule has 0 spiro atoms. The van der Waals surface area contributed by atoms with E-state index in [0.29, 0.717) is 0 Å². The minimum absolute atomic E-state index is 0.0851. The Morgan fingerprint density at radius 3 is 2.94 bits per heavy atom. The van der Waals surface area contributed by atoms with Crippen molar-refractivity contribution >= 4 is 0 Å². The van der Waals surface area contributed by atoms with Crippen molar-refractivity contribution in [3.8, 4) is 6.07 Å². The summed E-state index contributed by atoms with van der Waals surface area (Å²) in [5.74, 6) is 0.183. The van der Waals surface area contributed by atoms with Gasteiger partial charge < -0.3 is 0 Å². The van der Waals surface area contributed by atoms with Crippen LogP contribution >= 0.6 is 0 Å². The molecule has 1 atom stereocenters. The minimum Gasteiger partial charge on any atom is -0.297 e. The lowest BCUT2D eigenvalue weighted by Gasteiger charge is -2.41. The first kappa shape index (κ1) is 12.1. The minimum atomic E-state index is 0.0851. The van der Waals surface area contributed by atoms with Crippen molar-refractivity contribution in [2.45, 2.75) is 26.8 Å². The van der Waals surface area contributed by atoms with Crippen molar-refractivity contribution in [2.24, 2.45) is 11.3 Å². The van der Waals surface area contributed by atoms with Gasteiger partial charge in [-0.15, -0.1) is 0 Å². The molecule has 3 nitrogen and oxygen atoms in total. The van der Waals surface area contributed by atoms with Gasteiger partial charge in [0.05, 0.1) is 17.7 Å². The zero-order chi connectivity index (χ0) is 12.3. The van der Waals surface area contributed by atoms with E-state index < -0.39 is 0 Å². The van der Waals surface area contributed by atoms with Gasteiger partial charge in [0.2, 0.25) is 0 Å². The van der Waals surface area contributed by atoms with Crippen molar-refractivity contribution in [3.05, 3.63) is 30.1 Å². The standard InChI is InChI=1S/C14H19N3/c1-14(2)11-17(8-6-12(14)9-15)10-13-5-3-4-7-16-13/h3-5,7,12H,6,8,10-11H2,1-2H3. The van der Waals surface area contributed by atoms with Crippen LogP contribution in [0.1, 0.15) is 26.0 Å². The Bertz CT molecular complexity index is 405. The Hall–Kier alpha value is -1.40. The fourth-order valence-corrected chi connectivity index (χ4v) is 2.56. The van der Waals surface area contributed by atoms with E-state index in [0.717, 1.165) is 31.7 Å². The maximum absolute atomic E-state index is 9.12.